The second-order valence-electron chi connectivity index (χ2n) is 2.20. The lowest BCUT2D eigenvalue weighted by Gasteiger charge is -2.00. The molecule has 0 saturated heterocycles. The molecule has 0 heterocycles. The van der Waals surface area contributed by atoms with Crippen molar-refractivity contribution in [1.29, 1.82) is 0 Å². The molecule has 0 aliphatic carbocycles. The van der Waals surface area contributed by atoms with Crippen molar-refractivity contribution >= 4 is 5.97 Å². The van der Waals surface area contributed by atoms with Crippen molar-refractivity contribution in [2.24, 2.45) is 0 Å². The normalized spacial score (nSPS) is 12.8. The fourth-order valence-electron chi connectivity index (χ4n) is 0.450. The maximum absolute atomic E-state index is 10.5. The van der Waals surface area contributed by atoms with Crippen LogP contribution in [0.5, 0.6) is 0 Å². The predicted octanol–water partition coefficient (Wildman–Crippen LogP) is 0.490. The third-order valence-electron chi connectivity index (χ3n) is 1.38. The molecule has 0 aromatic carbocycles. The van der Waals surface area contributed by atoms with Crippen LogP contribution in [0.1, 0.15) is 13.8 Å². The number of ether oxygens (including phenoxy) is 1. The van der Waals surface area contributed by atoms with E-state index >= 15 is 0 Å². The van der Waals surface area contributed by atoms with E-state index in [4.69, 9.17) is 0 Å². The van der Waals surface area contributed by atoms with Gasteiger partial charge in [0.2, 0.25) is 0 Å². The van der Waals surface area contributed by atoms with E-state index in [1.54, 1.807) is 19.9 Å². The summed E-state index contributed by atoms with van der Waals surface area (Å²) in [6.45, 7) is 3.52. The summed E-state index contributed by atoms with van der Waals surface area (Å²) in [4.78, 5) is 10.5. The van der Waals surface area contributed by atoms with Crippen LogP contribution in [0.3, 0.4) is 0 Å². The second kappa shape index (κ2) is 5.39. The van der Waals surface area contributed by atoms with E-state index < -0.39 is 12.1 Å². The molecule has 66 valence electrons. The van der Waals surface area contributed by atoms with Gasteiger partial charge in [-0.3, -0.25) is 0 Å². The van der Waals surface area contributed by atoms with Crippen LogP contribution >= 0.6 is 0 Å². The Morgan fingerprint density at radius 3 is 2.67 bits per heavy atom. The quantitative estimate of drug-likeness (QED) is 0.268. The molecule has 0 aromatic heterocycles. The standard InChI is InChI=1S/C9H12O3/c1-4-7(2)8(10)5-6-9(11)12-3/h4,8,10H,1-3H3/b7-4+/t8-/m1/s1. The summed E-state index contributed by atoms with van der Waals surface area (Å²) in [6.07, 6.45) is 0.852. The van der Waals surface area contributed by atoms with Crippen LogP contribution in [-0.2, 0) is 9.53 Å². The fraction of sp³-hybridized carbons (Fsp3) is 0.444. The number of aliphatic hydroxyl groups excluding tert-OH is 1. The van der Waals surface area contributed by atoms with Crippen molar-refractivity contribution in [3.05, 3.63) is 11.6 Å². The van der Waals surface area contributed by atoms with E-state index in [1.165, 1.54) is 7.11 Å². The molecule has 0 aliphatic heterocycles. The number of carbonyl (C=O) groups is 1. The monoisotopic (exact) mass is 168 g/mol. The lowest BCUT2D eigenvalue weighted by Crippen LogP contribution is -2.05. The number of esters is 1. The fourth-order valence-corrected chi connectivity index (χ4v) is 0.450. The Labute approximate surface area is 72.0 Å². The third kappa shape index (κ3) is 3.79. The summed E-state index contributed by atoms with van der Waals surface area (Å²) in [5.41, 5.74) is 0.714. The van der Waals surface area contributed by atoms with Gasteiger partial charge < -0.3 is 9.84 Å². The van der Waals surface area contributed by atoms with Crippen LogP contribution in [0.25, 0.3) is 0 Å². The van der Waals surface area contributed by atoms with Crippen LogP contribution in [-0.4, -0.2) is 24.3 Å². The minimum atomic E-state index is -0.880. The number of aliphatic hydroxyl groups is 1. The molecular weight excluding hydrogens is 156 g/mol. The van der Waals surface area contributed by atoms with Gasteiger partial charge in [0.1, 0.15) is 6.10 Å². The van der Waals surface area contributed by atoms with Gasteiger partial charge in [0.15, 0.2) is 0 Å². The van der Waals surface area contributed by atoms with Gasteiger partial charge in [0, 0.05) is 5.92 Å². The molecule has 0 amide bonds. The Hall–Kier alpha value is -1.27. The first-order valence-electron chi connectivity index (χ1n) is 3.52. The van der Waals surface area contributed by atoms with E-state index in [1.807, 2.05) is 0 Å². The van der Waals surface area contributed by atoms with Gasteiger partial charge in [0.05, 0.1) is 7.11 Å². The highest BCUT2D eigenvalue weighted by Gasteiger charge is 2.00. The molecule has 1 atom stereocenters. The van der Waals surface area contributed by atoms with Crippen LogP contribution in [0.2, 0.25) is 0 Å². The molecule has 1 N–H and O–H groups in total. The largest absolute Gasteiger partial charge is 0.459 e. The average molecular weight is 168 g/mol. The molecule has 0 unspecified atom stereocenters. The van der Waals surface area contributed by atoms with Gasteiger partial charge in [-0.25, -0.2) is 4.79 Å². The molecule has 12 heavy (non-hydrogen) atoms. The van der Waals surface area contributed by atoms with Gasteiger partial charge >= 0.3 is 5.97 Å². The van der Waals surface area contributed by atoms with Crippen molar-refractivity contribution < 1.29 is 14.6 Å². The summed E-state index contributed by atoms with van der Waals surface area (Å²) >= 11 is 0. The zero-order chi connectivity index (χ0) is 9.56. The van der Waals surface area contributed by atoms with Crippen molar-refractivity contribution in [1.82, 2.24) is 0 Å². The van der Waals surface area contributed by atoms with Gasteiger partial charge in [-0.1, -0.05) is 12.0 Å². The van der Waals surface area contributed by atoms with Crippen molar-refractivity contribution in [3.8, 4) is 11.8 Å². The van der Waals surface area contributed by atoms with E-state index in [-0.39, 0.29) is 0 Å². The number of rotatable bonds is 1. The minimum Gasteiger partial charge on any atom is -0.459 e. The van der Waals surface area contributed by atoms with Crippen molar-refractivity contribution in [3.63, 3.8) is 0 Å². The van der Waals surface area contributed by atoms with E-state index in [0.717, 1.165) is 0 Å². The molecule has 0 aliphatic rings. The summed E-state index contributed by atoms with van der Waals surface area (Å²) in [5.74, 6) is 3.85. The summed E-state index contributed by atoms with van der Waals surface area (Å²) < 4.78 is 4.27. The number of methoxy groups -OCH3 is 1. The number of hydrogen-bond acceptors (Lipinski definition) is 3. The molecule has 0 bridgehead atoms. The van der Waals surface area contributed by atoms with Gasteiger partial charge in [-0.2, -0.15) is 0 Å². The first kappa shape index (κ1) is 10.7. The summed E-state index contributed by atoms with van der Waals surface area (Å²) in [5, 5.41) is 9.21. The molecule has 0 spiro atoms. The Morgan fingerprint density at radius 1 is 1.67 bits per heavy atom. The minimum absolute atomic E-state index is 0.641. The van der Waals surface area contributed by atoms with E-state index in [0.29, 0.717) is 5.57 Å². The number of carbonyl (C=O) groups excluding carboxylic acids is 1. The number of hydrogen-bond donors (Lipinski definition) is 1. The summed E-state index contributed by atoms with van der Waals surface area (Å²) in [6, 6.07) is 0. The zero-order valence-corrected chi connectivity index (χ0v) is 7.42. The predicted molar refractivity (Wildman–Crippen MR) is 45.2 cm³/mol. The van der Waals surface area contributed by atoms with E-state index in [2.05, 4.69) is 16.6 Å². The highest BCUT2D eigenvalue weighted by molar-refractivity contribution is 5.88. The number of allylic oxidation sites excluding steroid dienone is 1. The smallest absolute Gasteiger partial charge is 0.384 e. The zero-order valence-electron chi connectivity index (χ0n) is 7.42. The molecular formula is C9H12O3. The first-order valence-corrected chi connectivity index (χ1v) is 3.52. The van der Waals surface area contributed by atoms with Crippen LogP contribution in [0.15, 0.2) is 11.6 Å². The van der Waals surface area contributed by atoms with Crippen LogP contribution in [0.4, 0.5) is 0 Å². The maximum Gasteiger partial charge on any atom is 0.384 e. The van der Waals surface area contributed by atoms with Crippen molar-refractivity contribution in [2.75, 3.05) is 7.11 Å². The van der Waals surface area contributed by atoms with Gasteiger partial charge in [-0.05, 0) is 19.4 Å². The van der Waals surface area contributed by atoms with Crippen molar-refractivity contribution in [2.45, 2.75) is 20.0 Å². The molecule has 3 nitrogen and oxygen atoms in total. The molecule has 3 heteroatoms. The topological polar surface area (TPSA) is 46.5 Å². The molecule has 0 radical (unpaired) electrons. The van der Waals surface area contributed by atoms with Gasteiger partial charge in [0.25, 0.3) is 0 Å². The Bertz CT molecular complexity index is 242. The molecule has 0 aromatic rings. The summed E-state index contributed by atoms with van der Waals surface area (Å²) in [7, 11) is 1.24. The lowest BCUT2D eigenvalue weighted by atomic mass is 10.2. The third-order valence-corrected chi connectivity index (χ3v) is 1.38. The SMILES string of the molecule is C/C=C(\C)[C@H](O)C#CC(=O)OC. The average Bonchev–Trinajstić information content (AvgIpc) is 2.11. The molecule has 0 fully saturated rings. The van der Waals surface area contributed by atoms with Crippen LogP contribution < -0.4 is 0 Å². The second-order valence-corrected chi connectivity index (χ2v) is 2.20. The maximum atomic E-state index is 10.5. The van der Waals surface area contributed by atoms with Crippen LogP contribution in [0, 0.1) is 11.8 Å². The highest BCUT2D eigenvalue weighted by atomic mass is 16.5. The molecule has 0 saturated carbocycles. The highest BCUT2D eigenvalue weighted by Crippen LogP contribution is 1.98. The lowest BCUT2D eigenvalue weighted by molar-refractivity contribution is -0.133. The Balaban J connectivity index is 4.22. The molecule has 0 rings (SSSR count). The first-order chi connectivity index (χ1) is 5.61. The van der Waals surface area contributed by atoms with E-state index in [9.17, 15) is 9.90 Å². The van der Waals surface area contributed by atoms with Gasteiger partial charge in [-0.15, -0.1) is 0 Å². The Kier molecular flexibility index (Phi) is 4.82. The Morgan fingerprint density at radius 2 is 2.25 bits per heavy atom.